The number of benzene rings is 10. The summed E-state index contributed by atoms with van der Waals surface area (Å²) in [7, 11) is 0. The molecule has 0 fully saturated rings. The zero-order valence-electron chi connectivity index (χ0n) is 45.5. The lowest BCUT2D eigenvalue weighted by Gasteiger charge is -2.50. The van der Waals surface area contributed by atoms with Crippen molar-refractivity contribution in [1.82, 2.24) is 0 Å². The van der Waals surface area contributed by atoms with Gasteiger partial charge in [0.2, 0.25) is 0 Å². The molecular weight excluding hydrogens is 917 g/mol. The van der Waals surface area contributed by atoms with E-state index < -0.39 is 0 Å². The quantitative estimate of drug-likeness (QED) is 0.170. The van der Waals surface area contributed by atoms with Gasteiger partial charge in [-0.2, -0.15) is 0 Å². The van der Waals surface area contributed by atoms with E-state index >= 15 is 0 Å². The normalized spacial score (nSPS) is 16.1. The summed E-state index contributed by atoms with van der Waals surface area (Å²) in [6.07, 6.45) is 0. The first-order valence-electron chi connectivity index (χ1n) is 27.3. The average Bonchev–Trinajstić information content (AvgIpc) is 3.46. The van der Waals surface area contributed by atoms with Gasteiger partial charge in [-0.15, -0.1) is 0 Å². The smallest absolute Gasteiger partial charge is 0.0544 e. The van der Waals surface area contributed by atoms with Crippen LogP contribution in [0, 0.1) is 13.8 Å². The Bertz CT molecular complexity index is 3870. The molecule has 10 aromatic rings. The maximum atomic E-state index is 2.59. The molecule has 0 radical (unpaired) electrons. The topological polar surface area (TPSA) is 6.48 Å². The Morgan fingerprint density at radius 1 is 0.237 bits per heavy atom. The zero-order valence-corrected chi connectivity index (χ0v) is 45.5. The third-order valence-corrected chi connectivity index (χ3v) is 18.4. The van der Waals surface area contributed by atoms with Crippen LogP contribution in [-0.2, 0) is 21.7 Å². The Kier molecular flexibility index (Phi) is 9.85. The molecule has 0 aromatic heterocycles. The Labute approximate surface area is 450 Å². The summed E-state index contributed by atoms with van der Waals surface area (Å²) >= 11 is 0. The fourth-order valence-corrected chi connectivity index (χ4v) is 14.1. The largest absolute Gasteiger partial charge is 0.309 e. The first-order chi connectivity index (χ1) is 36.5. The van der Waals surface area contributed by atoms with E-state index in [0.717, 1.165) is 0 Å². The third-order valence-electron chi connectivity index (χ3n) is 18.4. The highest BCUT2D eigenvalue weighted by atomic mass is 15.2. The van der Waals surface area contributed by atoms with E-state index in [4.69, 9.17) is 0 Å². The first kappa shape index (κ1) is 46.3. The molecular formula is C74H64N2. The minimum atomic E-state index is -0.280. The Hall–Kier alpha value is -8.20. The molecule has 0 unspecified atom stereocenters. The van der Waals surface area contributed by atoms with Crippen molar-refractivity contribution in [3.05, 3.63) is 262 Å². The van der Waals surface area contributed by atoms with Crippen molar-refractivity contribution in [3.8, 4) is 55.6 Å². The van der Waals surface area contributed by atoms with Crippen LogP contribution in [0.4, 0.5) is 34.1 Å². The number of hydrogen-bond acceptors (Lipinski definition) is 2. The number of anilines is 6. The Balaban J connectivity index is 0.875. The maximum Gasteiger partial charge on any atom is 0.0544 e. The van der Waals surface area contributed by atoms with E-state index in [1.165, 1.54) is 145 Å². The SMILES string of the molecule is Cc1cc(-c2cc3c4c(c2)C(C)(C)c2ccccc2N4c2ccccc2C3(C)C)ccc1-c1ccc(-c2cc3c4c(c2)C(C)(C)c2cc(-c5ccccc5)ccc2N4c2ccc(-c4ccccc4)cc2C3(C)C)cc1C. The van der Waals surface area contributed by atoms with Crippen LogP contribution < -0.4 is 9.80 Å². The van der Waals surface area contributed by atoms with E-state index in [-0.39, 0.29) is 21.7 Å². The van der Waals surface area contributed by atoms with E-state index in [1.54, 1.807) is 0 Å². The highest BCUT2D eigenvalue weighted by molar-refractivity contribution is 5.97. The lowest BCUT2D eigenvalue weighted by Crippen LogP contribution is -2.38. The molecule has 4 aliphatic rings. The van der Waals surface area contributed by atoms with Crippen LogP contribution in [0.1, 0.15) is 111 Å². The van der Waals surface area contributed by atoms with Gasteiger partial charge in [0.05, 0.1) is 34.1 Å². The molecule has 4 aliphatic heterocycles. The molecule has 0 saturated heterocycles. The van der Waals surface area contributed by atoms with E-state index in [9.17, 15) is 0 Å². The standard InChI is InChI=1S/C74H64N2/c1-45-37-49(53-41-61-69-62(42-53)72(5,6)58-26-18-20-28-66(58)75(69)65-27-19-17-25-57(65)71(61,3)4)29-33-55(45)56-34-30-50(38-46(56)2)54-43-63-70-64(44-54)74(9,10)60-40-52(48-23-15-12-16-24-48)32-36-68(60)76(70)67-35-31-51(39-59(67)73(63,7)8)47-21-13-11-14-22-47/h11-44H,1-10H3. The van der Waals surface area contributed by atoms with Crippen molar-refractivity contribution in [2.45, 2.75) is 90.9 Å². The van der Waals surface area contributed by atoms with Crippen molar-refractivity contribution in [1.29, 1.82) is 0 Å². The second-order valence-electron chi connectivity index (χ2n) is 24.3. The van der Waals surface area contributed by atoms with Crippen LogP contribution in [0.15, 0.2) is 206 Å². The molecule has 76 heavy (non-hydrogen) atoms. The number of fused-ring (bicyclic) bond motifs is 8. The monoisotopic (exact) mass is 981 g/mol. The van der Waals surface area contributed by atoms with Gasteiger partial charge < -0.3 is 9.80 Å². The van der Waals surface area contributed by atoms with Crippen LogP contribution in [0.3, 0.4) is 0 Å². The van der Waals surface area contributed by atoms with E-state index in [1.807, 2.05) is 0 Å². The summed E-state index contributed by atoms with van der Waals surface area (Å²) in [4.78, 5) is 5.14. The summed E-state index contributed by atoms with van der Waals surface area (Å²) < 4.78 is 0. The summed E-state index contributed by atoms with van der Waals surface area (Å²) in [5.41, 5.74) is 32.8. The van der Waals surface area contributed by atoms with Gasteiger partial charge in [-0.05, 0) is 186 Å². The molecule has 0 aliphatic carbocycles. The lowest BCUT2D eigenvalue weighted by atomic mass is 9.65. The van der Waals surface area contributed by atoms with Crippen molar-refractivity contribution in [3.63, 3.8) is 0 Å². The van der Waals surface area contributed by atoms with Crippen LogP contribution in [-0.4, -0.2) is 0 Å². The molecule has 10 aromatic carbocycles. The van der Waals surface area contributed by atoms with Gasteiger partial charge in [-0.25, -0.2) is 0 Å². The highest BCUT2D eigenvalue weighted by Gasteiger charge is 2.48. The molecule has 0 saturated carbocycles. The number of para-hydroxylation sites is 2. The first-order valence-corrected chi connectivity index (χ1v) is 27.3. The van der Waals surface area contributed by atoms with Gasteiger partial charge in [-0.1, -0.05) is 201 Å². The van der Waals surface area contributed by atoms with Gasteiger partial charge in [0.15, 0.2) is 0 Å². The van der Waals surface area contributed by atoms with Crippen molar-refractivity contribution in [2.24, 2.45) is 0 Å². The number of aryl methyl sites for hydroxylation is 2. The molecule has 2 nitrogen and oxygen atoms in total. The second kappa shape index (κ2) is 16.2. The van der Waals surface area contributed by atoms with Crippen LogP contribution in [0.5, 0.6) is 0 Å². The molecule has 0 amide bonds. The fraction of sp³-hybridized carbons (Fsp3) is 0.189. The molecule has 2 heteroatoms. The van der Waals surface area contributed by atoms with Gasteiger partial charge in [0, 0.05) is 21.7 Å². The maximum absolute atomic E-state index is 2.59. The molecule has 0 atom stereocenters. The van der Waals surface area contributed by atoms with E-state index in [2.05, 4.69) is 285 Å². The molecule has 0 bridgehead atoms. The van der Waals surface area contributed by atoms with Crippen molar-refractivity contribution < 1.29 is 0 Å². The fourth-order valence-electron chi connectivity index (χ4n) is 14.1. The minimum Gasteiger partial charge on any atom is -0.309 e. The number of nitrogens with zero attached hydrogens (tertiary/aromatic N) is 2. The molecule has 370 valence electrons. The van der Waals surface area contributed by atoms with Crippen molar-refractivity contribution >= 4 is 34.1 Å². The van der Waals surface area contributed by atoms with E-state index in [0.29, 0.717) is 0 Å². The summed E-state index contributed by atoms with van der Waals surface area (Å²) in [5.74, 6) is 0. The van der Waals surface area contributed by atoms with Crippen LogP contribution >= 0.6 is 0 Å². The van der Waals surface area contributed by atoms with Gasteiger partial charge in [0.1, 0.15) is 0 Å². The zero-order chi connectivity index (χ0) is 52.2. The van der Waals surface area contributed by atoms with Crippen LogP contribution in [0.2, 0.25) is 0 Å². The average molecular weight is 981 g/mol. The molecule has 14 rings (SSSR count). The van der Waals surface area contributed by atoms with Gasteiger partial charge in [0.25, 0.3) is 0 Å². The molecule has 4 heterocycles. The summed E-state index contributed by atoms with van der Waals surface area (Å²) in [5, 5.41) is 0. The summed E-state index contributed by atoms with van der Waals surface area (Å²) in [6, 6.07) is 78.4. The predicted octanol–water partition coefficient (Wildman–Crippen LogP) is 20.1. The predicted molar refractivity (Wildman–Crippen MR) is 321 cm³/mol. The Morgan fingerprint density at radius 3 is 0.895 bits per heavy atom. The lowest BCUT2D eigenvalue weighted by molar-refractivity contribution is 0.597. The summed E-state index contributed by atoms with van der Waals surface area (Å²) in [6.45, 7) is 24.0. The second-order valence-corrected chi connectivity index (χ2v) is 24.3. The molecule has 0 spiro atoms. The molecule has 0 N–H and O–H groups in total. The number of rotatable bonds is 5. The van der Waals surface area contributed by atoms with Gasteiger partial charge >= 0.3 is 0 Å². The van der Waals surface area contributed by atoms with Crippen molar-refractivity contribution in [2.75, 3.05) is 9.80 Å². The van der Waals surface area contributed by atoms with Crippen LogP contribution in [0.25, 0.3) is 55.6 Å². The van der Waals surface area contributed by atoms with Gasteiger partial charge in [-0.3, -0.25) is 0 Å². The minimum absolute atomic E-state index is 0.184. The Morgan fingerprint density at radius 2 is 0.526 bits per heavy atom. The highest BCUT2D eigenvalue weighted by Crippen LogP contribution is 2.63. The number of hydrogen-bond donors (Lipinski definition) is 0. The third kappa shape index (κ3) is 6.52.